The second kappa shape index (κ2) is 8.79. The van der Waals surface area contributed by atoms with Crippen LogP contribution < -0.4 is 5.32 Å². The summed E-state index contributed by atoms with van der Waals surface area (Å²) in [5, 5.41) is 10.9. The molecule has 0 spiro atoms. The monoisotopic (exact) mass is 371 g/mol. The van der Waals surface area contributed by atoms with Crippen molar-refractivity contribution in [3.8, 4) is 11.5 Å². The summed E-state index contributed by atoms with van der Waals surface area (Å²) < 4.78 is 10.8. The van der Waals surface area contributed by atoms with E-state index in [2.05, 4.69) is 15.5 Å². The largest absolute Gasteiger partial charge is 0.453 e. The molecule has 1 heterocycles. The van der Waals surface area contributed by atoms with Crippen LogP contribution >= 0.6 is 0 Å². The van der Waals surface area contributed by atoms with Crippen molar-refractivity contribution in [1.82, 2.24) is 15.5 Å². The van der Waals surface area contributed by atoms with E-state index in [4.69, 9.17) is 9.15 Å². The van der Waals surface area contributed by atoms with E-state index in [-0.39, 0.29) is 24.8 Å². The molecule has 1 N–H and O–H groups in total. The van der Waals surface area contributed by atoms with Gasteiger partial charge in [0.1, 0.15) is 0 Å². The summed E-state index contributed by atoms with van der Waals surface area (Å²) in [5.41, 5.74) is 1.98. The van der Waals surface area contributed by atoms with Crippen LogP contribution in [-0.4, -0.2) is 34.2 Å². The number of carbonyl (C=O) groups excluding carboxylic acids is 2. The van der Waals surface area contributed by atoms with Crippen LogP contribution in [-0.2, 0) is 20.7 Å². The van der Waals surface area contributed by atoms with E-state index in [1.54, 1.807) is 6.92 Å². The topological polar surface area (TPSA) is 94.3 Å². The van der Waals surface area contributed by atoms with Gasteiger partial charge < -0.3 is 14.5 Å². The van der Waals surface area contributed by atoms with E-state index in [1.165, 1.54) is 0 Å². The Morgan fingerprint density at radius 1 is 1.22 bits per heavy atom. The lowest BCUT2D eigenvalue weighted by molar-refractivity contribution is -0.155. The summed E-state index contributed by atoms with van der Waals surface area (Å²) in [5.74, 6) is 0.0853. The number of hydrogen-bond donors (Lipinski definition) is 1. The Bertz CT molecular complexity index is 779. The first-order valence-corrected chi connectivity index (χ1v) is 9.40. The Morgan fingerprint density at radius 2 is 1.93 bits per heavy atom. The van der Waals surface area contributed by atoms with E-state index >= 15 is 0 Å². The van der Waals surface area contributed by atoms with Crippen molar-refractivity contribution < 1.29 is 18.7 Å². The molecule has 0 bridgehead atoms. The van der Waals surface area contributed by atoms with Crippen LogP contribution in [0.25, 0.3) is 11.5 Å². The van der Waals surface area contributed by atoms with E-state index in [1.807, 2.05) is 31.2 Å². The third-order valence-electron chi connectivity index (χ3n) is 4.69. The van der Waals surface area contributed by atoms with Gasteiger partial charge in [-0.3, -0.25) is 9.59 Å². The number of rotatable bonds is 7. The van der Waals surface area contributed by atoms with Gasteiger partial charge in [-0.2, -0.15) is 0 Å². The molecule has 1 atom stereocenters. The number of carbonyl (C=O) groups is 2. The number of nitrogens with zero attached hydrogens (tertiary/aromatic N) is 2. The summed E-state index contributed by atoms with van der Waals surface area (Å²) in [4.78, 5) is 24.1. The molecule has 1 aromatic carbocycles. The number of aromatic nitrogens is 2. The fourth-order valence-electron chi connectivity index (χ4n) is 3.07. The molecule has 1 amide bonds. The molecular weight excluding hydrogens is 346 g/mol. The maximum atomic E-state index is 12.1. The van der Waals surface area contributed by atoms with Gasteiger partial charge in [0.25, 0.3) is 5.91 Å². The normalized spacial score (nSPS) is 15.5. The first kappa shape index (κ1) is 19.1. The van der Waals surface area contributed by atoms with E-state index in [0.29, 0.717) is 11.8 Å². The zero-order valence-electron chi connectivity index (χ0n) is 15.7. The first-order chi connectivity index (χ1) is 13.0. The molecule has 1 saturated carbocycles. The van der Waals surface area contributed by atoms with Crippen LogP contribution in [0.3, 0.4) is 0 Å². The van der Waals surface area contributed by atoms with Crippen LogP contribution in [0.2, 0.25) is 0 Å². The molecule has 7 nitrogen and oxygen atoms in total. The van der Waals surface area contributed by atoms with E-state index in [0.717, 1.165) is 36.8 Å². The van der Waals surface area contributed by atoms with Gasteiger partial charge in [-0.1, -0.05) is 30.5 Å². The highest BCUT2D eigenvalue weighted by molar-refractivity contribution is 5.83. The second-order valence-corrected chi connectivity index (χ2v) is 6.99. The molecule has 27 heavy (non-hydrogen) atoms. The Kier molecular flexibility index (Phi) is 6.21. The molecule has 144 valence electrons. The average Bonchev–Trinajstić information content (AvgIpc) is 3.32. The molecule has 0 aliphatic heterocycles. The number of nitrogens with one attached hydrogen (secondary N) is 1. The number of ether oxygens (including phenoxy) is 1. The smallest absolute Gasteiger partial charge is 0.307 e. The maximum absolute atomic E-state index is 12.1. The number of aryl methyl sites for hydroxylation is 2. The molecular formula is C20H25N3O4. The summed E-state index contributed by atoms with van der Waals surface area (Å²) in [6.07, 6.45) is 3.80. The molecule has 1 aliphatic carbocycles. The first-order valence-electron chi connectivity index (χ1n) is 9.40. The molecule has 0 unspecified atom stereocenters. The second-order valence-electron chi connectivity index (χ2n) is 6.99. The van der Waals surface area contributed by atoms with Crippen LogP contribution in [0.15, 0.2) is 28.7 Å². The number of esters is 1. The summed E-state index contributed by atoms with van der Waals surface area (Å²) in [6.45, 7) is 3.59. The summed E-state index contributed by atoms with van der Waals surface area (Å²) in [7, 11) is 0. The zero-order chi connectivity index (χ0) is 19.2. The van der Waals surface area contributed by atoms with Gasteiger partial charge in [0.15, 0.2) is 6.10 Å². The highest BCUT2D eigenvalue weighted by Crippen LogP contribution is 2.19. The van der Waals surface area contributed by atoms with Crippen molar-refractivity contribution in [2.75, 3.05) is 0 Å². The van der Waals surface area contributed by atoms with Crippen LogP contribution in [0.1, 0.15) is 50.5 Å². The Morgan fingerprint density at radius 3 is 2.63 bits per heavy atom. The molecule has 0 radical (unpaired) electrons. The molecule has 0 saturated heterocycles. The Balaban J connectivity index is 1.44. The van der Waals surface area contributed by atoms with Crippen molar-refractivity contribution in [1.29, 1.82) is 0 Å². The van der Waals surface area contributed by atoms with Crippen molar-refractivity contribution in [3.63, 3.8) is 0 Å². The van der Waals surface area contributed by atoms with Gasteiger partial charge in [-0.15, -0.1) is 10.2 Å². The van der Waals surface area contributed by atoms with Crippen LogP contribution in [0.5, 0.6) is 0 Å². The van der Waals surface area contributed by atoms with Crippen molar-refractivity contribution >= 4 is 11.9 Å². The number of benzene rings is 1. The van der Waals surface area contributed by atoms with E-state index in [9.17, 15) is 9.59 Å². The molecule has 7 heteroatoms. The lowest BCUT2D eigenvalue weighted by Crippen LogP contribution is -2.40. The predicted octanol–water partition coefficient (Wildman–Crippen LogP) is 2.97. The molecule has 1 fully saturated rings. The molecule has 3 rings (SSSR count). The summed E-state index contributed by atoms with van der Waals surface area (Å²) in [6, 6.07) is 7.96. The Labute approximate surface area is 158 Å². The van der Waals surface area contributed by atoms with Gasteiger partial charge in [-0.05, 0) is 38.8 Å². The van der Waals surface area contributed by atoms with Crippen LogP contribution in [0.4, 0.5) is 0 Å². The minimum absolute atomic E-state index is 0.0799. The number of amides is 1. The molecule has 1 aromatic heterocycles. The fraction of sp³-hybridized carbons (Fsp3) is 0.500. The van der Waals surface area contributed by atoms with Gasteiger partial charge in [0.2, 0.25) is 11.8 Å². The van der Waals surface area contributed by atoms with Crippen LogP contribution in [0, 0.1) is 6.92 Å². The highest BCUT2D eigenvalue weighted by Gasteiger charge is 2.23. The highest BCUT2D eigenvalue weighted by atomic mass is 16.5. The van der Waals surface area contributed by atoms with Crippen molar-refractivity contribution in [2.45, 2.75) is 64.5 Å². The predicted molar refractivity (Wildman–Crippen MR) is 98.7 cm³/mol. The minimum atomic E-state index is -0.802. The van der Waals surface area contributed by atoms with Gasteiger partial charge in [-0.25, -0.2) is 0 Å². The van der Waals surface area contributed by atoms with E-state index < -0.39 is 12.1 Å². The maximum Gasteiger partial charge on any atom is 0.307 e. The van der Waals surface area contributed by atoms with Crippen molar-refractivity contribution in [3.05, 3.63) is 35.7 Å². The Hall–Kier alpha value is -2.70. The van der Waals surface area contributed by atoms with Crippen molar-refractivity contribution in [2.24, 2.45) is 0 Å². The SMILES string of the molecule is Cc1ccc(-c2nnc(CCC(=O)O[C@@H](C)C(=O)NC3CCCC3)o2)cc1. The fourth-order valence-corrected chi connectivity index (χ4v) is 3.07. The van der Waals surface area contributed by atoms with Gasteiger partial charge in [0.05, 0.1) is 6.42 Å². The quantitative estimate of drug-likeness (QED) is 0.752. The van der Waals surface area contributed by atoms with Gasteiger partial charge in [0, 0.05) is 18.0 Å². The lowest BCUT2D eigenvalue weighted by Gasteiger charge is -2.16. The molecule has 2 aromatic rings. The third-order valence-corrected chi connectivity index (χ3v) is 4.69. The lowest BCUT2D eigenvalue weighted by atomic mass is 10.1. The average molecular weight is 371 g/mol. The summed E-state index contributed by atoms with van der Waals surface area (Å²) >= 11 is 0. The third kappa shape index (κ3) is 5.39. The standard InChI is InChI=1S/C20H25N3O4/c1-13-7-9-15(10-8-13)20-23-22-17(27-20)11-12-18(24)26-14(2)19(25)21-16-5-3-4-6-16/h7-10,14,16H,3-6,11-12H2,1-2H3,(H,21,25)/t14-/m0/s1. The minimum Gasteiger partial charge on any atom is -0.453 e. The van der Waals surface area contributed by atoms with Gasteiger partial charge >= 0.3 is 5.97 Å². The molecule has 1 aliphatic rings. The zero-order valence-corrected chi connectivity index (χ0v) is 15.7. The number of hydrogen-bond acceptors (Lipinski definition) is 6.